The van der Waals surface area contributed by atoms with Gasteiger partial charge in [-0.3, -0.25) is 4.79 Å². The van der Waals surface area contributed by atoms with Crippen LogP contribution in [0.4, 0.5) is 11.4 Å². The Morgan fingerprint density at radius 2 is 1.86 bits per heavy atom. The molecule has 0 radical (unpaired) electrons. The highest BCUT2D eigenvalue weighted by atomic mass is 32.1. The second kappa shape index (κ2) is 9.31. The minimum Gasteiger partial charge on any atom is -0.397 e. The summed E-state index contributed by atoms with van der Waals surface area (Å²) in [4.78, 5) is 13.8. The van der Waals surface area contributed by atoms with Crippen molar-refractivity contribution in [3.8, 4) is 10.4 Å². The van der Waals surface area contributed by atoms with E-state index in [2.05, 4.69) is 5.32 Å². The summed E-state index contributed by atoms with van der Waals surface area (Å²) < 4.78 is 17.1. The number of carbonyl (C=O) groups is 1. The van der Waals surface area contributed by atoms with Crippen LogP contribution in [0.3, 0.4) is 0 Å². The van der Waals surface area contributed by atoms with Crippen molar-refractivity contribution in [3.63, 3.8) is 0 Å². The Morgan fingerprint density at radius 3 is 2.45 bits per heavy atom. The molecule has 29 heavy (non-hydrogen) atoms. The van der Waals surface area contributed by atoms with Gasteiger partial charge < -0.3 is 11.1 Å². The van der Waals surface area contributed by atoms with Gasteiger partial charge in [-0.05, 0) is 57.3 Å². The first-order valence-electron chi connectivity index (χ1n) is 9.27. The fourth-order valence-corrected chi connectivity index (χ4v) is 4.42. The predicted octanol–water partition coefficient (Wildman–Crippen LogP) is 6.34. The zero-order valence-corrected chi connectivity index (χ0v) is 18.3. The number of amides is 1. The van der Waals surface area contributed by atoms with Crippen molar-refractivity contribution in [2.45, 2.75) is 20.0 Å². The molecular weight excluding hydrogens is 403 g/mol. The lowest BCUT2D eigenvalue weighted by Gasteiger charge is -2.16. The molecular formula is C22H24N2O3PS+. The van der Waals surface area contributed by atoms with Crippen molar-refractivity contribution in [3.05, 3.63) is 71.1 Å². The smallest absolute Gasteiger partial charge is 0.397 e. The van der Waals surface area contributed by atoms with Gasteiger partial charge in [0.1, 0.15) is 6.10 Å². The van der Waals surface area contributed by atoms with Crippen molar-refractivity contribution in [1.82, 2.24) is 0 Å². The van der Waals surface area contributed by atoms with E-state index in [1.807, 2.05) is 55.6 Å². The molecule has 2 atom stereocenters. The van der Waals surface area contributed by atoms with Gasteiger partial charge in [-0.15, -0.1) is 15.9 Å². The van der Waals surface area contributed by atoms with Crippen LogP contribution in [-0.4, -0.2) is 12.6 Å². The van der Waals surface area contributed by atoms with Gasteiger partial charge in [-0.2, -0.15) is 0 Å². The molecule has 1 amide bonds. The number of rotatable bonds is 7. The summed E-state index contributed by atoms with van der Waals surface area (Å²) in [6.07, 6.45) is -0.279. The maximum absolute atomic E-state index is 12.7. The maximum Gasteiger partial charge on any atom is 0.505 e. The van der Waals surface area contributed by atoms with Crippen molar-refractivity contribution in [1.29, 1.82) is 0 Å². The van der Waals surface area contributed by atoms with Crippen molar-refractivity contribution < 1.29 is 13.9 Å². The zero-order chi connectivity index (χ0) is 21.0. The number of carbonyl (C=O) groups excluding carboxylic acids is 1. The molecule has 150 valence electrons. The van der Waals surface area contributed by atoms with E-state index in [1.165, 1.54) is 0 Å². The molecule has 0 aliphatic rings. The first-order chi connectivity index (χ1) is 13.8. The molecule has 0 saturated heterocycles. The first kappa shape index (κ1) is 21.2. The van der Waals surface area contributed by atoms with Crippen molar-refractivity contribution >= 4 is 36.6 Å². The molecule has 7 heteroatoms. The number of hydrogen-bond donors (Lipinski definition) is 2. The maximum atomic E-state index is 12.7. The van der Waals surface area contributed by atoms with E-state index in [0.717, 1.165) is 16.0 Å². The van der Waals surface area contributed by atoms with E-state index >= 15 is 0 Å². The quantitative estimate of drug-likeness (QED) is 0.341. The monoisotopic (exact) mass is 427 g/mol. The summed E-state index contributed by atoms with van der Waals surface area (Å²) in [6.45, 7) is 5.56. The van der Waals surface area contributed by atoms with Gasteiger partial charge in [0.05, 0.1) is 11.4 Å². The van der Waals surface area contributed by atoms with E-state index in [4.69, 9.17) is 10.3 Å². The van der Waals surface area contributed by atoms with Crippen LogP contribution in [0.2, 0.25) is 0 Å². The number of hydrogen-bond acceptors (Lipinski definition) is 5. The fourth-order valence-electron chi connectivity index (χ4n) is 3.01. The Bertz CT molecular complexity index is 1000. The second-order valence-corrected chi connectivity index (χ2v) is 9.10. The number of thiophene rings is 1. The molecule has 0 spiro atoms. The van der Waals surface area contributed by atoms with Crippen LogP contribution in [0.25, 0.3) is 10.4 Å². The highest BCUT2D eigenvalue weighted by molar-refractivity contribution is 7.38. The van der Waals surface area contributed by atoms with Crippen LogP contribution in [0.15, 0.2) is 60.0 Å². The molecule has 0 fully saturated rings. The summed E-state index contributed by atoms with van der Waals surface area (Å²) in [5, 5.41) is 4.90. The molecule has 1 heterocycles. The second-order valence-electron chi connectivity index (χ2n) is 7.07. The lowest BCUT2D eigenvalue weighted by atomic mass is 9.98. The molecule has 0 aliphatic heterocycles. The van der Waals surface area contributed by atoms with Gasteiger partial charge in [0.25, 0.3) is 5.91 Å². The number of nitrogen functional groups attached to an aromatic ring is 1. The zero-order valence-electron chi connectivity index (χ0n) is 16.6. The topological polar surface area (TPSA) is 81.4 Å². The van der Waals surface area contributed by atoms with Gasteiger partial charge in [0.15, 0.2) is 6.66 Å². The number of anilines is 2. The Hall–Kier alpha value is -2.53. The van der Waals surface area contributed by atoms with Crippen LogP contribution in [0.1, 0.15) is 35.9 Å². The highest BCUT2D eigenvalue weighted by Crippen LogP contribution is 2.35. The third kappa shape index (κ3) is 5.30. The average molecular weight is 427 g/mol. The van der Waals surface area contributed by atoms with Crippen LogP contribution in [0, 0.1) is 5.92 Å². The summed E-state index contributed by atoms with van der Waals surface area (Å²) in [5.41, 5.74) is 9.55. The molecule has 3 aromatic rings. The molecule has 1 aromatic heterocycles. The van der Waals surface area contributed by atoms with E-state index in [-0.39, 0.29) is 17.9 Å². The average Bonchev–Trinajstić information content (AvgIpc) is 3.22. The number of nitrogens with one attached hydrogen (secondary N) is 1. The predicted molar refractivity (Wildman–Crippen MR) is 121 cm³/mol. The normalized spacial score (nSPS) is 12.6. The Morgan fingerprint density at radius 1 is 1.14 bits per heavy atom. The minimum atomic E-state index is -1.71. The molecule has 0 bridgehead atoms. The van der Waals surface area contributed by atoms with E-state index in [0.29, 0.717) is 16.9 Å². The van der Waals surface area contributed by atoms with E-state index in [9.17, 15) is 9.36 Å². The van der Waals surface area contributed by atoms with E-state index < -0.39 is 8.03 Å². The summed E-state index contributed by atoms with van der Waals surface area (Å²) >= 11 is 1.63. The number of benzene rings is 2. The fraction of sp³-hybridized carbons (Fsp3) is 0.227. The molecule has 0 saturated carbocycles. The van der Waals surface area contributed by atoms with E-state index in [1.54, 1.807) is 36.2 Å². The van der Waals surface area contributed by atoms with Crippen LogP contribution in [-0.2, 0) is 9.09 Å². The Labute approximate surface area is 175 Å². The van der Waals surface area contributed by atoms with Crippen LogP contribution < -0.4 is 11.1 Å². The van der Waals surface area contributed by atoms with Gasteiger partial charge in [-0.25, -0.2) is 0 Å². The van der Waals surface area contributed by atoms with Crippen molar-refractivity contribution in [2.75, 3.05) is 17.7 Å². The van der Waals surface area contributed by atoms with Gasteiger partial charge in [0.2, 0.25) is 0 Å². The third-order valence-corrected chi connectivity index (χ3v) is 5.92. The van der Waals surface area contributed by atoms with Crippen LogP contribution in [0.5, 0.6) is 0 Å². The lowest BCUT2D eigenvalue weighted by Crippen LogP contribution is -2.14. The SMILES string of the molecule is CC(C)C(O[P+](C)=O)c1ccc(C(=O)Nc2cc(-c3cccs3)ccc2N)cc1. The first-order valence-corrected chi connectivity index (χ1v) is 11.8. The minimum absolute atomic E-state index is 0.161. The summed E-state index contributed by atoms with van der Waals surface area (Å²) in [6, 6.07) is 16.8. The summed E-state index contributed by atoms with van der Waals surface area (Å²) in [5.74, 6) is -0.0801. The Kier molecular flexibility index (Phi) is 6.80. The molecule has 2 unspecified atom stereocenters. The number of nitrogens with two attached hydrogens (primary N) is 1. The van der Waals surface area contributed by atoms with Crippen molar-refractivity contribution in [2.24, 2.45) is 5.92 Å². The lowest BCUT2D eigenvalue weighted by molar-refractivity contribution is 0.102. The van der Waals surface area contributed by atoms with Crippen LogP contribution >= 0.6 is 19.4 Å². The Balaban J connectivity index is 1.78. The molecule has 5 nitrogen and oxygen atoms in total. The van der Waals surface area contributed by atoms with Gasteiger partial charge >= 0.3 is 8.03 Å². The summed E-state index contributed by atoms with van der Waals surface area (Å²) in [7, 11) is -1.71. The molecule has 3 N–H and O–H groups in total. The largest absolute Gasteiger partial charge is 0.505 e. The standard InChI is InChI=1S/C22H23N2O3PS/c1-14(2)21(27-28(3)26)15-6-8-16(9-7-15)22(25)24-19-13-17(10-11-18(19)23)20-5-4-12-29-20/h4-14,21H,23H2,1-3H3/p+1. The molecule has 0 aliphatic carbocycles. The molecule has 2 aromatic carbocycles. The highest BCUT2D eigenvalue weighted by Gasteiger charge is 2.25. The van der Waals surface area contributed by atoms with Gasteiger partial charge in [-0.1, -0.05) is 38.1 Å². The molecule has 3 rings (SSSR count). The third-order valence-electron chi connectivity index (χ3n) is 4.48. The van der Waals surface area contributed by atoms with Gasteiger partial charge in [0, 0.05) is 10.4 Å².